The van der Waals surface area contributed by atoms with E-state index in [0.717, 1.165) is 5.56 Å². The molecule has 3 aromatic rings. The van der Waals surface area contributed by atoms with Crippen LogP contribution in [-0.4, -0.2) is 34.7 Å². The number of H-pyrrole nitrogens is 1. The molecule has 0 saturated heterocycles. The number of aliphatic hydroxyl groups is 1. The van der Waals surface area contributed by atoms with Gasteiger partial charge in [0.25, 0.3) is 5.91 Å². The minimum atomic E-state index is -0.626. The van der Waals surface area contributed by atoms with Gasteiger partial charge in [-0.15, -0.1) is 0 Å². The summed E-state index contributed by atoms with van der Waals surface area (Å²) in [6.07, 6.45) is 1.49. The molecule has 0 bridgehead atoms. The molecule has 1 unspecified atom stereocenters. The molecular formula is C18H19N3O4. The normalized spacial score (nSPS) is 12.0. The molecule has 3 rings (SSSR count). The van der Waals surface area contributed by atoms with Crippen molar-refractivity contribution in [1.29, 1.82) is 0 Å². The van der Waals surface area contributed by atoms with Gasteiger partial charge in [-0.05, 0) is 31.2 Å². The van der Waals surface area contributed by atoms with Crippen molar-refractivity contribution in [2.45, 2.75) is 13.0 Å². The minimum absolute atomic E-state index is 0.267. The van der Waals surface area contributed by atoms with Crippen LogP contribution >= 0.6 is 0 Å². The van der Waals surface area contributed by atoms with Crippen molar-refractivity contribution in [3.05, 3.63) is 59.8 Å². The predicted octanol–water partition coefficient (Wildman–Crippen LogP) is 2.45. The van der Waals surface area contributed by atoms with Gasteiger partial charge in [-0.3, -0.25) is 4.79 Å². The van der Waals surface area contributed by atoms with Gasteiger partial charge in [0.05, 0.1) is 20.0 Å². The van der Waals surface area contributed by atoms with Crippen LogP contribution in [0, 0.1) is 6.92 Å². The Morgan fingerprint density at radius 2 is 2.24 bits per heavy atom. The minimum Gasteiger partial charge on any atom is -0.497 e. The molecule has 130 valence electrons. The molecule has 0 aliphatic heterocycles. The van der Waals surface area contributed by atoms with E-state index in [1.807, 2.05) is 24.3 Å². The number of amides is 1. The van der Waals surface area contributed by atoms with Crippen LogP contribution in [0.4, 0.5) is 0 Å². The highest BCUT2D eigenvalue weighted by atomic mass is 16.5. The summed E-state index contributed by atoms with van der Waals surface area (Å²) < 4.78 is 10.4. The first-order chi connectivity index (χ1) is 12.1. The zero-order valence-electron chi connectivity index (χ0n) is 13.9. The summed E-state index contributed by atoms with van der Waals surface area (Å²) in [4.78, 5) is 20.0. The molecule has 2 aromatic heterocycles. The van der Waals surface area contributed by atoms with E-state index in [1.165, 1.54) is 6.26 Å². The maximum atomic E-state index is 12.5. The summed E-state index contributed by atoms with van der Waals surface area (Å²) in [5, 5.41) is 12.2. The van der Waals surface area contributed by atoms with Gasteiger partial charge in [-0.1, -0.05) is 12.1 Å². The molecule has 25 heavy (non-hydrogen) atoms. The number of aliphatic hydroxyl groups excluding tert-OH is 1. The second kappa shape index (κ2) is 7.23. The summed E-state index contributed by atoms with van der Waals surface area (Å²) in [7, 11) is 1.59. The first-order valence-corrected chi connectivity index (χ1v) is 7.78. The molecule has 1 amide bonds. The second-order valence-electron chi connectivity index (χ2n) is 5.52. The van der Waals surface area contributed by atoms with Crippen LogP contribution in [-0.2, 0) is 0 Å². The fourth-order valence-electron chi connectivity index (χ4n) is 2.51. The number of aromatic nitrogens is 2. The molecule has 7 heteroatoms. The predicted molar refractivity (Wildman–Crippen MR) is 91.3 cm³/mol. The third kappa shape index (κ3) is 3.56. The smallest absolute Gasteiger partial charge is 0.272 e. The molecule has 7 nitrogen and oxygen atoms in total. The van der Waals surface area contributed by atoms with Crippen LogP contribution < -0.4 is 10.1 Å². The fraction of sp³-hybridized carbons (Fsp3) is 0.222. The summed E-state index contributed by atoms with van der Waals surface area (Å²) in [6, 6.07) is 10.2. The van der Waals surface area contributed by atoms with Crippen molar-refractivity contribution in [2.24, 2.45) is 0 Å². The van der Waals surface area contributed by atoms with E-state index in [1.54, 1.807) is 26.2 Å². The summed E-state index contributed by atoms with van der Waals surface area (Å²) in [6.45, 7) is 1.50. The highest BCUT2D eigenvalue weighted by Crippen LogP contribution is 2.23. The van der Waals surface area contributed by atoms with Crippen LogP contribution in [0.25, 0.3) is 11.4 Å². The van der Waals surface area contributed by atoms with E-state index in [4.69, 9.17) is 9.15 Å². The topological polar surface area (TPSA) is 100 Å². The molecule has 0 aliphatic carbocycles. The molecule has 3 N–H and O–H groups in total. The van der Waals surface area contributed by atoms with Gasteiger partial charge >= 0.3 is 0 Å². The lowest BCUT2D eigenvalue weighted by Crippen LogP contribution is -2.31. The first kappa shape index (κ1) is 16.8. The van der Waals surface area contributed by atoms with Gasteiger partial charge in [0.15, 0.2) is 0 Å². The lowest BCUT2D eigenvalue weighted by molar-refractivity contribution is 0.0902. The molecular weight excluding hydrogens is 322 g/mol. The highest BCUT2D eigenvalue weighted by molar-refractivity contribution is 5.94. The standard InChI is InChI=1S/C18H19N3O4/c1-11-16(18(23)20-14(10-22)15-7-4-8-25-15)21-17(19-11)12-5-3-6-13(9-12)24-2/h3-9,14,22H,10H2,1-2H3,(H,19,21)(H,20,23). The molecule has 0 spiro atoms. The van der Waals surface area contributed by atoms with Gasteiger partial charge in [-0.25, -0.2) is 4.98 Å². The summed E-state index contributed by atoms with van der Waals surface area (Å²) >= 11 is 0. The lowest BCUT2D eigenvalue weighted by atomic mass is 10.2. The Morgan fingerprint density at radius 1 is 1.40 bits per heavy atom. The Bertz CT molecular complexity index is 855. The van der Waals surface area contributed by atoms with Crippen molar-refractivity contribution < 1.29 is 19.1 Å². The maximum absolute atomic E-state index is 12.5. The highest BCUT2D eigenvalue weighted by Gasteiger charge is 2.21. The molecule has 0 fully saturated rings. The van der Waals surface area contributed by atoms with E-state index >= 15 is 0 Å². The van der Waals surface area contributed by atoms with E-state index in [2.05, 4.69) is 15.3 Å². The van der Waals surface area contributed by atoms with E-state index in [9.17, 15) is 9.90 Å². The monoisotopic (exact) mass is 341 g/mol. The number of hydrogen-bond donors (Lipinski definition) is 3. The van der Waals surface area contributed by atoms with Crippen LogP contribution in [0.3, 0.4) is 0 Å². The quantitative estimate of drug-likeness (QED) is 0.639. The Labute approximate surface area is 144 Å². The Balaban J connectivity index is 1.83. The van der Waals surface area contributed by atoms with Crippen LogP contribution in [0.5, 0.6) is 5.75 Å². The number of nitrogens with zero attached hydrogens (tertiary/aromatic N) is 1. The molecule has 1 atom stereocenters. The number of imidazole rings is 1. The third-order valence-corrected chi connectivity index (χ3v) is 3.82. The number of ether oxygens (including phenoxy) is 1. The largest absolute Gasteiger partial charge is 0.497 e. The number of aryl methyl sites for hydroxylation is 1. The van der Waals surface area contributed by atoms with Crippen molar-refractivity contribution in [1.82, 2.24) is 15.3 Å². The molecule has 2 heterocycles. The number of rotatable bonds is 6. The van der Waals surface area contributed by atoms with E-state index in [0.29, 0.717) is 23.0 Å². The van der Waals surface area contributed by atoms with Crippen LogP contribution in [0.2, 0.25) is 0 Å². The Morgan fingerprint density at radius 3 is 2.92 bits per heavy atom. The first-order valence-electron chi connectivity index (χ1n) is 7.78. The van der Waals surface area contributed by atoms with Gasteiger partial charge in [-0.2, -0.15) is 0 Å². The number of carbonyl (C=O) groups excluding carboxylic acids is 1. The van der Waals surface area contributed by atoms with Crippen LogP contribution in [0.15, 0.2) is 47.1 Å². The lowest BCUT2D eigenvalue weighted by Gasteiger charge is -2.13. The number of carbonyl (C=O) groups is 1. The number of furan rings is 1. The fourth-order valence-corrected chi connectivity index (χ4v) is 2.51. The number of hydrogen-bond acceptors (Lipinski definition) is 5. The van der Waals surface area contributed by atoms with Crippen molar-refractivity contribution in [3.8, 4) is 17.1 Å². The molecule has 1 aromatic carbocycles. The van der Waals surface area contributed by atoms with Crippen molar-refractivity contribution >= 4 is 5.91 Å². The molecule has 0 radical (unpaired) electrons. The molecule has 0 saturated carbocycles. The average molecular weight is 341 g/mol. The number of aromatic amines is 1. The maximum Gasteiger partial charge on any atom is 0.272 e. The zero-order valence-corrected chi connectivity index (χ0v) is 13.9. The van der Waals surface area contributed by atoms with Gasteiger partial charge in [0.2, 0.25) is 0 Å². The second-order valence-corrected chi connectivity index (χ2v) is 5.52. The van der Waals surface area contributed by atoms with E-state index in [-0.39, 0.29) is 12.3 Å². The zero-order chi connectivity index (χ0) is 17.8. The van der Waals surface area contributed by atoms with Gasteiger partial charge in [0.1, 0.15) is 29.1 Å². The van der Waals surface area contributed by atoms with Crippen molar-refractivity contribution in [2.75, 3.05) is 13.7 Å². The van der Waals surface area contributed by atoms with Crippen LogP contribution in [0.1, 0.15) is 28.0 Å². The third-order valence-electron chi connectivity index (χ3n) is 3.82. The molecule has 0 aliphatic rings. The van der Waals surface area contributed by atoms with Gasteiger partial charge in [0, 0.05) is 11.3 Å². The average Bonchev–Trinajstić information content (AvgIpc) is 3.29. The number of nitrogens with one attached hydrogen (secondary N) is 2. The number of benzene rings is 1. The van der Waals surface area contributed by atoms with E-state index < -0.39 is 11.9 Å². The van der Waals surface area contributed by atoms with Crippen molar-refractivity contribution in [3.63, 3.8) is 0 Å². The Kier molecular flexibility index (Phi) is 4.85. The number of methoxy groups -OCH3 is 1. The Hall–Kier alpha value is -3.06. The summed E-state index contributed by atoms with van der Waals surface area (Å²) in [5.74, 6) is 1.37. The van der Waals surface area contributed by atoms with Gasteiger partial charge < -0.3 is 24.6 Å². The SMILES string of the molecule is COc1cccc(-c2nc(C(=O)NC(CO)c3ccco3)c(C)[nH]2)c1. The summed E-state index contributed by atoms with van der Waals surface area (Å²) in [5.41, 5.74) is 1.71.